The number of amides is 2. The van der Waals surface area contributed by atoms with E-state index in [1.54, 1.807) is 0 Å². The van der Waals surface area contributed by atoms with Crippen molar-refractivity contribution in [3.05, 3.63) is 35.4 Å². The van der Waals surface area contributed by atoms with Crippen molar-refractivity contribution in [2.45, 2.75) is 57.9 Å². The summed E-state index contributed by atoms with van der Waals surface area (Å²) in [5, 5.41) is 12.5. The smallest absolute Gasteiger partial charge is 0.251 e. The van der Waals surface area contributed by atoms with Gasteiger partial charge in [0.15, 0.2) is 0 Å². The summed E-state index contributed by atoms with van der Waals surface area (Å²) in [7, 11) is 0. The molecule has 0 spiro atoms. The van der Waals surface area contributed by atoms with E-state index < -0.39 is 0 Å². The van der Waals surface area contributed by atoms with Gasteiger partial charge in [0.05, 0.1) is 0 Å². The number of aliphatic hydroxyl groups is 1. The molecule has 1 aliphatic heterocycles. The van der Waals surface area contributed by atoms with E-state index in [0.29, 0.717) is 25.1 Å². The highest BCUT2D eigenvalue weighted by molar-refractivity contribution is 5.94. The zero-order valence-electron chi connectivity index (χ0n) is 15.5. The molecule has 1 saturated carbocycles. The number of carbonyl (C=O) groups excluding carboxylic acids is 2. The normalized spacial score (nSPS) is 19.6. The van der Waals surface area contributed by atoms with Crippen LogP contribution >= 0.6 is 0 Å². The fourth-order valence-electron chi connectivity index (χ4n) is 4.33. The average molecular weight is 358 g/mol. The minimum Gasteiger partial charge on any atom is -0.396 e. The first kappa shape index (κ1) is 18.9. The Morgan fingerprint density at radius 1 is 1.19 bits per heavy atom. The molecule has 5 heteroatoms. The Hall–Kier alpha value is -1.88. The van der Waals surface area contributed by atoms with Crippen molar-refractivity contribution in [3.8, 4) is 0 Å². The largest absolute Gasteiger partial charge is 0.396 e. The summed E-state index contributed by atoms with van der Waals surface area (Å²) < 4.78 is 0. The first-order valence-corrected chi connectivity index (χ1v) is 9.88. The number of likely N-dealkylation sites (tertiary alicyclic amines) is 1. The van der Waals surface area contributed by atoms with Gasteiger partial charge in [-0.3, -0.25) is 9.59 Å². The van der Waals surface area contributed by atoms with Crippen LogP contribution in [0.2, 0.25) is 0 Å². The zero-order valence-corrected chi connectivity index (χ0v) is 15.5. The minimum atomic E-state index is -0.0671. The lowest BCUT2D eigenvalue weighted by Crippen LogP contribution is -2.39. The van der Waals surface area contributed by atoms with E-state index in [4.69, 9.17) is 0 Å². The molecule has 0 unspecified atom stereocenters. The molecular weight excluding hydrogens is 328 g/mol. The van der Waals surface area contributed by atoms with E-state index in [1.807, 2.05) is 29.2 Å². The summed E-state index contributed by atoms with van der Waals surface area (Å²) in [5.74, 6) is 0.130. The van der Waals surface area contributed by atoms with Gasteiger partial charge in [-0.25, -0.2) is 0 Å². The molecule has 142 valence electrons. The maximum absolute atomic E-state index is 12.6. The number of aliphatic hydroxyl groups excluding tert-OH is 1. The van der Waals surface area contributed by atoms with Crippen LogP contribution in [-0.4, -0.2) is 41.5 Å². The standard InChI is InChI=1S/C21H30N2O3/c24-13-11-21(9-2-1-3-10-21)16-22-20(26)18-7-4-6-17(14-18)15-23-12-5-8-19(23)25/h4,6-7,14,24H,1-3,5,8-13,15-16H2,(H,22,26). The van der Waals surface area contributed by atoms with E-state index in [1.165, 1.54) is 19.3 Å². The Balaban J connectivity index is 1.60. The Morgan fingerprint density at radius 2 is 2.00 bits per heavy atom. The van der Waals surface area contributed by atoms with Crippen LogP contribution in [0.3, 0.4) is 0 Å². The number of hydrogen-bond donors (Lipinski definition) is 2. The topological polar surface area (TPSA) is 69.6 Å². The van der Waals surface area contributed by atoms with Gasteiger partial charge in [0.2, 0.25) is 5.91 Å². The molecule has 2 fully saturated rings. The molecule has 0 atom stereocenters. The van der Waals surface area contributed by atoms with Gasteiger partial charge in [-0.15, -0.1) is 0 Å². The Kier molecular flexibility index (Phi) is 6.30. The third-order valence-electron chi connectivity index (χ3n) is 5.91. The second-order valence-corrected chi connectivity index (χ2v) is 7.84. The maximum Gasteiger partial charge on any atom is 0.251 e. The van der Waals surface area contributed by atoms with Crippen LogP contribution in [-0.2, 0) is 11.3 Å². The molecule has 1 aromatic carbocycles. The molecule has 1 aromatic rings. The van der Waals surface area contributed by atoms with Gasteiger partial charge in [-0.05, 0) is 48.8 Å². The van der Waals surface area contributed by atoms with Crippen LogP contribution in [0.25, 0.3) is 0 Å². The third-order valence-corrected chi connectivity index (χ3v) is 5.91. The lowest BCUT2D eigenvalue weighted by molar-refractivity contribution is -0.128. The number of hydrogen-bond acceptors (Lipinski definition) is 3. The molecule has 3 rings (SSSR count). The first-order valence-electron chi connectivity index (χ1n) is 9.88. The van der Waals surface area contributed by atoms with E-state index in [-0.39, 0.29) is 23.8 Å². The highest BCUT2D eigenvalue weighted by atomic mass is 16.3. The third kappa shape index (κ3) is 4.64. The summed E-state index contributed by atoms with van der Waals surface area (Å²) in [5.41, 5.74) is 1.68. The van der Waals surface area contributed by atoms with Crippen molar-refractivity contribution in [2.75, 3.05) is 19.7 Å². The lowest BCUT2D eigenvalue weighted by atomic mass is 9.72. The lowest BCUT2D eigenvalue weighted by Gasteiger charge is -2.37. The molecule has 0 radical (unpaired) electrons. The van der Waals surface area contributed by atoms with E-state index in [2.05, 4.69) is 5.32 Å². The molecular formula is C21H30N2O3. The predicted molar refractivity (Wildman–Crippen MR) is 101 cm³/mol. The highest BCUT2D eigenvalue weighted by Gasteiger charge is 2.32. The van der Waals surface area contributed by atoms with Crippen LogP contribution in [0.5, 0.6) is 0 Å². The van der Waals surface area contributed by atoms with Gasteiger partial charge in [-0.2, -0.15) is 0 Å². The van der Waals surface area contributed by atoms with Gasteiger partial charge in [0.25, 0.3) is 5.91 Å². The van der Waals surface area contributed by atoms with Crippen LogP contribution in [0.4, 0.5) is 0 Å². The van der Waals surface area contributed by atoms with Crippen LogP contribution in [0, 0.1) is 5.41 Å². The fourth-order valence-corrected chi connectivity index (χ4v) is 4.33. The highest BCUT2D eigenvalue weighted by Crippen LogP contribution is 2.38. The molecule has 5 nitrogen and oxygen atoms in total. The molecule has 0 aromatic heterocycles. The van der Waals surface area contributed by atoms with E-state index >= 15 is 0 Å². The van der Waals surface area contributed by atoms with Crippen LogP contribution in [0.15, 0.2) is 24.3 Å². The van der Waals surface area contributed by atoms with Crippen LogP contribution in [0.1, 0.15) is 67.3 Å². The monoisotopic (exact) mass is 358 g/mol. The van der Waals surface area contributed by atoms with Gasteiger partial charge >= 0.3 is 0 Å². The van der Waals surface area contributed by atoms with Crippen molar-refractivity contribution in [2.24, 2.45) is 5.41 Å². The van der Waals surface area contributed by atoms with E-state index in [9.17, 15) is 14.7 Å². The number of carbonyl (C=O) groups is 2. The first-order chi connectivity index (χ1) is 12.6. The molecule has 2 amide bonds. The van der Waals surface area contributed by atoms with Crippen molar-refractivity contribution in [1.29, 1.82) is 0 Å². The van der Waals surface area contributed by atoms with Crippen molar-refractivity contribution in [3.63, 3.8) is 0 Å². The Labute approximate surface area is 155 Å². The van der Waals surface area contributed by atoms with Gasteiger partial charge in [-0.1, -0.05) is 31.4 Å². The van der Waals surface area contributed by atoms with Gasteiger partial charge in [0, 0.05) is 38.2 Å². The molecule has 2 aliphatic rings. The van der Waals surface area contributed by atoms with Crippen molar-refractivity contribution < 1.29 is 14.7 Å². The molecule has 26 heavy (non-hydrogen) atoms. The number of nitrogens with one attached hydrogen (secondary N) is 1. The quantitative estimate of drug-likeness (QED) is 0.787. The Morgan fingerprint density at radius 3 is 2.69 bits per heavy atom. The van der Waals surface area contributed by atoms with Crippen molar-refractivity contribution >= 4 is 11.8 Å². The SMILES string of the molecule is O=C(NCC1(CCO)CCCCC1)c1cccc(CN2CCCC2=O)c1. The number of rotatable bonds is 7. The number of benzene rings is 1. The summed E-state index contributed by atoms with van der Waals surface area (Å²) in [6, 6.07) is 7.57. The molecule has 1 saturated heterocycles. The van der Waals surface area contributed by atoms with E-state index in [0.717, 1.165) is 37.8 Å². The fraction of sp³-hybridized carbons (Fsp3) is 0.619. The maximum atomic E-state index is 12.6. The van der Waals surface area contributed by atoms with Gasteiger partial charge in [0.1, 0.15) is 0 Å². The average Bonchev–Trinajstić information content (AvgIpc) is 3.06. The number of nitrogens with zero attached hydrogens (tertiary/aromatic N) is 1. The molecule has 1 aliphatic carbocycles. The second-order valence-electron chi connectivity index (χ2n) is 7.84. The predicted octanol–water partition coefficient (Wildman–Crippen LogP) is 2.87. The summed E-state index contributed by atoms with van der Waals surface area (Å²) in [4.78, 5) is 26.3. The molecule has 1 heterocycles. The summed E-state index contributed by atoms with van der Waals surface area (Å²) >= 11 is 0. The Bertz CT molecular complexity index is 632. The van der Waals surface area contributed by atoms with Crippen molar-refractivity contribution in [1.82, 2.24) is 10.2 Å². The van der Waals surface area contributed by atoms with Crippen LogP contribution < -0.4 is 5.32 Å². The molecule has 2 N–H and O–H groups in total. The minimum absolute atomic E-state index is 0.0439. The molecule has 0 bridgehead atoms. The second kappa shape index (κ2) is 8.67. The summed E-state index contributed by atoms with van der Waals surface area (Å²) in [6.45, 7) is 2.18. The zero-order chi connectivity index (χ0) is 18.4. The summed E-state index contributed by atoms with van der Waals surface area (Å²) in [6.07, 6.45) is 8.06. The van der Waals surface area contributed by atoms with Gasteiger partial charge < -0.3 is 15.3 Å².